The van der Waals surface area contributed by atoms with Gasteiger partial charge in [-0.25, -0.2) is 9.97 Å². The Morgan fingerprint density at radius 2 is 0.701 bits per heavy atom. The molecule has 0 aliphatic carbocycles. The van der Waals surface area contributed by atoms with E-state index in [1.807, 2.05) is 60.7 Å². The minimum Gasteiger partial charge on any atom is -0.309 e. The van der Waals surface area contributed by atoms with Crippen molar-refractivity contribution in [2.75, 3.05) is 0 Å². The lowest BCUT2D eigenvalue weighted by atomic mass is 9.96. The number of rotatable bonds is 7. The summed E-state index contributed by atoms with van der Waals surface area (Å²) in [5.74, 6) is 0.435. The van der Waals surface area contributed by atoms with Crippen molar-refractivity contribution in [3.8, 4) is 86.4 Å². The molecule has 14 rings (SSSR count). The average molecular weight is 980 g/mol. The van der Waals surface area contributed by atoms with Crippen LogP contribution in [0.5, 0.6) is 0 Å². The summed E-state index contributed by atoms with van der Waals surface area (Å²) in [6.07, 6.45) is 0. The first-order chi connectivity index (χ1) is 38.0. The average Bonchev–Trinajstić information content (AvgIpc) is 4.28. The maximum absolute atomic E-state index is 11.2. The van der Waals surface area contributed by atoms with E-state index in [9.17, 15) is 21.0 Å². The lowest BCUT2D eigenvalue weighted by molar-refractivity contribution is 1.14. The SMILES string of the molecule is N#Cc1cccc(-c2cc(-c3ccc(-c4cc(C#N)c(-n5c6ccc(-n7c8ccccc8c8ccccc87)cc6c6cc(-n7c8ccccc8c8ccccc87)ccc65)c(C#N)c4)cc3)nc(-c3cccc(C#N)c3)n2)c1. The quantitative estimate of drug-likeness (QED) is 0.156. The van der Waals surface area contributed by atoms with Crippen molar-refractivity contribution in [3.63, 3.8) is 0 Å². The first kappa shape index (κ1) is 44.3. The fourth-order valence-corrected chi connectivity index (χ4v) is 11.3. The van der Waals surface area contributed by atoms with Gasteiger partial charge >= 0.3 is 0 Å². The van der Waals surface area contributed by atoms with Crippen LogP contribution in [0.4, 0.5) is 0 Å². The molecular formula is C68H37N9. The summed E-state index contributed by atoms with van der Waals surface area (Å²) in [6.45, 7) is 0. The molecule has 0 aliphatic heterocycles. The van der Waals surface area contributed by atoms with Crippen molar-refractivity contribution in [2.24, 2.45) is 0 Å². The van der Waals surface area contributed by atoms with Crippen molar-refractivity contribution >= 4 is 65.4 Å². The molecule has 0 N–H and O–H groups in total. The molecular weight excluding hydrogens is 943 g/mol. The molecule has 0 saturated carbocycles. The van der Waals surface area contributed by atoms with Gasteiger partial charge in [-0.2, -0.15) is 21.0 Å². The normalized spacial score (nSPS) is 11.3. The number of nitriles is 4. The van der Waals surface area contributed by atoms with E-state index in [-0.39, 0.29) is 0 Å². The summed E-state index contributed by atoms with van der Waals surface area (Å²) in [4.78, 5) is 9.88. The van der Waals surface area contributed by atoms with E-state index >= 15 is 0 Å². The van der Waals surface area contributed by atoms with Gasteiger partial charge in [0.05, 0.1) is 84.6 Å². The largest absolute Gasteiger partial charge is 0.309 e. The Bertz CT molecular complexity index is 4600. The number of aromatic nitrogens is 5. The fourth-order valence-electron chi connectivity index (χ4n) is 11.3. The molecule has 14 aromatic rings. The van der Waals surface area contributed by atoms with Gasteiger partial charge in [-0.05, 0) is 114 Å². The Labute approximate surface area is 441 Å². The fraction of sp³-hybridized carbons (Fsp3) is 0. The van der Waals surface area contributed by atoms with E-state index in [0.717, 1.165) is 71.9 Å². The maximum atomic E-state index is 11.2. The van der Waals surface area contributed by atoms with Gasteiger partial charge in [-0.3, -0.25) is 0 Å². The van der Waals surface area contributed by atoms with Gasteiger partial charge < -0.3 is 13.7 Å². The molecule has 10 aromatic carbocycles. The summed E-state index contributed by atoms with van der Waals surface area (Å²) >= 11 is 0. The summed E-state index contributed by atoms with van der Waals surface area (Å²) < 4.78 is 6.72. The molecule has 77 heavy (non-hydrogen) atoms. The zero-order valence-corrected chi connectivity index (χ0v) is 40.9. The van der Waals surface area contributed by atoms with Crippen molar-refractivity contribution in [1.82, 2.24) is 23.7 Å². The summed E-state index contributed by atoms with van der Waals surface area (Å²) in [7, 11) is 0. The molecule has 354 valence electrons. The van der Waals surface area contributed by atoms with Crippen LogP contribution in [0, 0.1) is 45.3 Å². The number of nitrogens with zero attached hydrogens (tertiary/aromatic N) is 9. The van der Waals surface area contributed by atoms with Gasteiger partial charge in [-0.1, -0.05) is 121 Å². The molecule has 0 spiro atoms. The maximum Gasteiger partial charge on any atom is 0.160 e. The lowest BCUT2D eigenvalue weighted by Gasteiger charge is -2.15. The molecule has 0 unspecified atom stereocenters. The first-order valence-corrected chi connectivity index (χ1v) is 25.0. The molecule has 0 radical (unpaired) electrons. The van der Waals surface area contributed by atoms with Crippen LogP contribution in [0.3, 0.4) is 0 Å². The van der Waals surface area contributed by atoms with Crippen molar-refractivity contribution in [2.45, 2.75) is 0 Å². The second-order valence-corrected chi connectivity index (χ2v) is 19.0. The predicted molar refractivity (Wildman–Crippen MR) is 306 cm³/mol. The Morgan fingerprint density at radius 3 is 1.17 bits per heavy atom. The highest BCUT2D eigenvalue weighted by Crippen LogP contribution is 2.42. The molecule has 0 aliphatic rings. The standard InChI is InChI=1S/C68H37N9/c69-38-42-11-9-13-46(31-42)60-37-59(73-68(74-60)47-14-10-12-43(32-47)39-70)45-25-23-44(24-26-45)48-33-49(40-71)67(50(34-48)41-72)77-65-29-27-51(75-61-19-5-1-15-53(61)54-16-2-6-20-62(54)75)35-57(65)58-36-52(28-30-66(58)77)76-63-21-7-3-17-55(63)56-18-4-8-22-64(56)76/h1-37H. The monoisotopic (exact) mass is 979 g/mol. The second-order valence-electron chi connectivity index (χ2n) is 19.0. The highest BCUT2D eigenvalue weighted by atomic mass is 15.0. The zero-order valence-electron chi connectivity index (χ0n) is 40.9. The number of hydrogen-bond donors (Lipinski definition) is 0. The first-order valence-electron chi connectivity index (χ1n) is 25.0. The van der Waals surface area contributed by atoms with Crippen LogP contribution < -0.4 is 0 Å². The molecule has 4 heterocycles. The minimum atomic E-state index is 0.351. The Morgan fingerprint density at radius 1 is 0.286 bits per heavy atom. The van der Waals surface area contributed by atoms with Crippen LogP contribution in [0.25, 0.3) is 128 Å². The number of para-hydroxylation sites is 4. The number of fused-ring (bicyclic) bond motifs is 9. The third-order valence-corrected chi connectivity index (χ3v) is 14.8. The van der Waals surface area contributed by atoms with Crippen LogP contribution in [-0.2, 0) is 0 Å². The molecule has 0 bridgehead atoms. The van der Waals surface area contributed by atoms with Crippen LogP contribution >= 0.6 is 0 Å². The van der Waals surface area contributed by atoms with Crippen molar-refractivity contribution in [1.29, 1.82) is 21.0 Å². The van der Waals surface area contributed by atoms with E-state index in [1.165, 1.54) is 21.5 Å². The molecule has 9 nitrogen and oxygen atoms in total. The molecule has 0 amide bonds. The van der Waals surface area contributed by atoms with Crippen molar-refractivity contribution in [3.05, 3.63) is 247 Å². The van der Waals surface area contributed by atoms with Crippen LogP contribution in [0.15, 0.2) is 224 Å². The highest BCUT2D eigenvalue weighted by molar-refractivity contribution is 6.14. The second kappa shape index (κ2) is 17.7. The van der Waals surface area contributed by atoms with Crippen LogP contribution in [0.1, 0.15) is 22.3 Å². The van der Waals surface area contributed by atoms with Crippen molar-refractivity contribution < 1.29 is 0 Å². The Hall–Kier alpha value is -11.4. The van der Waals surface area contributed by atoms with Gasteiger partial charge in [-0.15, -0.1) is 0 Å². The van der Waals surface area contributed by atoms with Crippen LogP contribution in [-0.4, -0.2) is 23.7 Å². The van der Waals surface area contributed by atoms with E-state index in [1.54, 1.807) is 30.3 Å². The van der Waals surface area contributed by atoms with Gasteiger partial charge in [0.15, 0.2) is 5.82 Å². The molecule has 9 heteroatoms. The topological polar surface area (TPSA) is 136 Å². The lowest BCUT2D eigenvalue weighted by Crippen LogP contribution is -2.03. The van der Waals surface area contributed by atoms with E-state index < -0.39 is 0 Å². The van der Waals surface area contributed by atoms with Gasteiger partial charge in [0, 0.05) is 60.4 Å². The van der Waals surface area contributed by atoms with E-state index in [4.69, 9.17) is 9.97 Å². The van der Waals surface area contributed by atoms with E-state index in [2.05, 4.69) is 171 Å². The van der Waals surface area contributed by atoms with Crippen LogP contribution in [0.2, 0.25) is 0 Å². The Kier molecular flexibility index (Phi) is 10.2. The minimum absolute atomic E-state index is 0.351. The summed E-state index contributed by atoms with van der Waals surface area (Å²) in [5.41, 5.74) is 15.3. The summed E-state index contributed by atoms with van der Waals surface area (Å²) in [5, 5.41) is 48.3. The number of benzene rings is 10. The third kappa shape index (κ3) is 7.13. The van der Waals surface area contributed by atoms with Gasteiger partial charge in [0.2, 0.25) is 0 Å². The van der Waals surface area contributed by atoms with Gasteiger partial charge in [0.1, 0.15) is 12.1 Å². The van der Waals surface area contributed by atoms with Gasteiger partial charge in [0.25, 0.3) is 0 Å². The molecule has 0 saturated heterocycles. The number of hydrogen-bond acceptors (Lipinski definition) is 6. The Balaban J connectivity index is 0.932. The molecule has 0 fully saturated rings. The molecule has 0 atom stereocenters. The third-order valence-electron chi connectivity index (χ3n) is 14.8. The molecule has 4 aromatic heterocycles. The predicted octanol–water partition coefficient (Wildman–Crippen LogP) is 15.9. The highest BCUT2D eigenvalue weighted by Gasteiger charge is 2.23. The smallest absolute Gasteiger partial charge is 0.160 e. The summed E-state index contributed by atoms with van der Waals surface area (Å²) in [6, 6.07) is 84.3. The zero-order chi connectivity index (χ0) is 51.7. The van der Waals surface area contributed by atoms with E-state index in [0.29, 0.717) is 56.3 Å².